The Morgan fingerprint density at radius 2 is 1.48 bits per heavy atom. The first-order valence-corrected chi connectivity index (χ1v) is 8.93. The van der Waals surface area contributed by atoms with Crippen LogP contribution in [-0.2, 0) is 6.54 Å². The molecule has 0 radical (unpaired) electrons. The van der Waals surface area contributed by atoms with Gasteiger partial charge in [0.05, 0.1) is 0 Å². The maximum Gasteiger partial charge on any atom is 0.253 e. The van der Waals surface area contributed by atoms with Gasteiger partial charge in [0.1, 0.15) is 0 Å². The molecule has 4 nitrogen and oxygen atoms in total. The lowest BCUT2D eigenvalue weighted by atomic mass is 10.1. The van der Waals surface area contributed by atoms with Crippen LogP contribution < -0.4 is 5.32 Å². The quantitative estimate of drug-likeness (QED) is 0.903. The first-order valence-electron chi connectivity index (χ1n) is 8.55. The van der Waals surface area contributed by atoms with Crippen LogP contribution in [0.1, 0.15) is 45.5 Å². The van der Waals surface area contributed by atoms with Crippen molar-refractivity contribution in [3.63, 3.8) is 0 Å². The summed E-state index contributed by atoms with van der Waals surface area (Å²) in [6, 6.07) is 14.2. The zero-order valence-corrected chi connectivity index (χ0v) is 14.8. The third-order valence-electron chi connectivity index (χ3n) is 4.40. The number of halogens is 1. The third kappa shape index (κ3) is 4.60. The molecule has 0 unspecified atom stereocenters. The van der Waals surface area contributed by atoms with Gasteiger partial charge < -0.3 is 10.2 Å². The van der Waals surface area contributed by atoms with Crippen LogP contribution in [0.25, 0.3) is 0 Å². The smallest absolute Gasteiger partial charge is 0.253 e. The highest BCUT2D eigenvalue weighted by molar-refractivity contribution is 6.30. The number of carbonyl (C=O) groups excluding carboxylic acids is 2. The summed E-state index contributed by atoms with van der Waals surface area (Å²) in [7, 11) is 0. The van der Waals surface area contributed by atoms with Crippen molar-refractivity contribution in [3.8, 4) is 0 Å². The van der Waals surface area contributed by atoms with E-state index in [1.807, 2.05) is 17.0 Å². The van der Waals surface area contributed by atoms with Gasteiger partial charge >= 0.3 is 0 Å². The molecule has 0 atom stereocenters. The van der Waals surface area contributed by atoms with Crippen LogP contribution in [0, 0.1) is 0 Å². The van der Waals surface area contributed by atoms with Crippen LogP contribution in [0.4, 0.5) is 0 Å². The van der Waals surface area contributed by atoms with Gasteiger partial charge in [-0.3, -0.25) is 9.59 Å². The number of piperidine rings is 1. The molecule has 1 N–H and O–H groups in total. The molecule has 0 aliphatic carbocycles. The molecule has 2 aromatic carbocycles. The molecule has 130 valence electrons. The fourth-order valence-corrected chi connectivity index (χ4v) is 3.06. The molecule has 0 aromatic heterocycles. The normalized spacial score (nSPS) is 14.2. The van der Waals surface area contributed by atoms with Crippen LogP contribution in [0.5, 0.6) is 0 Å². The highest BCUT2D eigenvalue weighted by Gasteiger charge is 2.18. The summed E-state index contributed by atoms with van der Waals surface area (Å²) in [5, 5.41) is 3.54. The molecular weight excluding hydrogens is 336 g/mol. The minimum absolute atomic E-state index is 0.0489. The molecule has 2 amide bonds. The third-order valence-corrected chi connectivity index (χ3v) is 4.66. The SMILES string of the molecule is O=C(NCc1ccc(Cl)cc1)c1ccc(C(=O)N2CCCCC2)cc1. The second kappa shape index (κ2) is 8.17. The Kier molecular flexibility index (Phi) is 5.71. The molecule has 3 rings (SSSR count). The molecule has 0 bridgehead atoms. The Morgan fingerprint density at radius 1 is 0.880 bits per heavy atom. The summed E-state index contributed by atoms with van der Waals surface area (Å²) in [6.45, 7) is 2.08. The van der Waals surface area contributed by atoms with E-state index >= 15 is 0 Å². The standard InChI is InChI=1S/C20H21ClN2O2/c21-18-10-4-15(5-11-18)14-22-19(24)16-6-8-17(9-7-16)20(25)23-12-2-1-3-13-23/h4-11H,1-3,12-14H2,(H,22,24). The van der Waals surface area contributed by atoms with Gasteiger partial charge in [-0.25, -0.2) is 0 Å². The number of amides is 2. The number of nitrogens with one attached hydrogen (secondary N) is 1. The maximum absolute atomic E-state index is 12.4. The summed E-state index contributed by atoms with van der Waals surface area (Å²) in [6.07, 6.45) is 3.32. The molecule has 1 saturated heterocycles. The van der Waals surface area contributed by atoms with Gasteiger partial charge in [-0.05, 0) is 61.2 Å². The zero-order valence-electron chi connectivity index (χ0n) is 14.0. The van der Waals surface area contributed by atoms with Crippen molar-refractivity contribution >= 4 is 23.4 Å². The molecule has 0 saturated carbocycles. The van der Waals surface area contributed by atoms with Crippen LogP contribution >= 0.6 is 11.6 Å². The van der Waals surface area contributed by atoms with Gasteiger partial charge in [0.2, 0.25) is 0 Å². The van der Waals surface area contributed by atoms with Gasteiger partial charge in [-0.15, -0.1) is 0 Å². The van der Waals surface area contributed by atoms with E-state index in [1.165, 1.54) is 6.42 Å². The van der Waals surface area contributed by atoms with Crippen molar-refractivity contribution in [2.24, 2.45) is 0 Å². The Balaban J connectivity index is 1.58. The highest BCUT2D eigenvalue weighted by Crippen LogP contribution is 2.14. The van der Waals surface area contributed by atoms with Gasteiger partial charge in [0.25, 0.3) is 11.8 Å². The largest absolute Gasteiger partial charge is 0.348 e. The molecule has 2 aromatic rings. The van der Waals surface area contributed by atoms with E-state index in [1.54, 1.807) is 36.4 Å². The van der Waals surface area contributed by atoms with Crippen molar-refractivity contribution in [1.82, 2.24) is 10.2 Å². The van der Waals surface area contributed by atoms with E-state index in [9.17, 15) is 9.59 Å². The Bertz CT molecular complexity index is 735. The van der Waals surface area contributed by atoms with Crippen LogP contribution in [0.15, 0.2) is 48.5 Å². The maximum atomic E-state index is 12.4. The predicted octanol–water partition coefficient (Wildman–Crippen LogP) is 3.90. The lowest BCUT2D eigenvalue weighted by Gasteiger charge is -2.26. The molecule has 1 fully saturated rings. The van der Waals surface area contributed by atoms with E-state index in [2.05, 4.69) is 5.32 Å². The average Bonchev–Trinajstić information content (AvgIpc) is 2.67. The van der Waals surface area contributed by atoms with Crippen molar-refractivity contribution in [3.05, 3.63) is 70.2 Å². The van der Waals surface area contributed by atoms with Crippen molar-refractivity contribution < 1.29 is 9.59 Å². The zero-order chi connectivity index (χ0) is 17.6. The van der Waals surface area contributed by atoms with Gasteiger partial charge in [0.15, 0.2) is 0 Å². The lowest BCUT2D eigenvalue weighted by Crippen LogP contribution is -2.35. The topological polar surface area (TPSA) is 49.4 Å². The monoisotopic (exact) mass is 356 g/mol. The molecule has 0 spiro atoms. The van der Waals surface area contributed by atoms with Crippen LogP contribution in [0.3, 0.4) is 0 Å². The van der Waals surface area contributed by atoms with E-state index in [4.69, 9.17) is 11.6 Å². The molecule has 1 aliphatic heterocycles. The van der Waals surface area contributed by atoms with E-state index in [-0.39, 0.29) is 11.8 Å². The van der Waals surface area contributed by atoms with Crippen LogP contribution in [-0.4, -0.2) is 29.8 Å². The minimum Gasteiger partial charge on any atom is -0.348 e. The van der Waals surface area contributed by atoms with Crippen molar-refractivity contribution in [1.29, 1.82) is 0 Å². The van der Waals surface area contributed by atoms with Gasteiger partial charge in [-0.2, -0.15) is 0 Å². The summed E-state index contributed by atoms with van der Waals surface area (Å²) in [5.41, 5.74) is 2.16. The number of nitrogens with zero attached hydrogens (tertiary/aromatic N) is 1. The number of rotatable bonds is 4. The summed E-state index contributed by atoms with van der Waals surface area (Å²) < 4.78 is 0. The minimum atomic E-state index is -0.160. The first-order chi connectivity index (χ1) is 12.1. The number of benzene rings is 2. The van der Waals surface area contributed by atoms with Gasteiger partial charge in [0, 0.05) is 35.8 Å². The fraction of sp³-hybridized carbons (Fsp3) is 0.300. The molecule has 1 heterocycles. The summed E-state index contributed by atoms with van der Waals surface area (Å²) in [4.78, 5) is 26.6. The van der Waals surface area contributed by atoms with Crippen LogP contribution in [0.2, 0.25) is 5.02 Å². The fourth-order valence-electron chi connectivity index (χ4n) is 2.93. The van der Waals surface area contributed by atoms with Crippen molar-refractivity contribution in [2.75, 3.05) is 13.1 Å². The lowest BCUT2D eigenvalue weighted by molar-refractivity contribution is 0.0724. The first kappa shape index (κ1) is 17.5. The molecule has 25 heavy (non-hydrogen) atoms. The number of carbonyl (C=O) groups is 2. The molecular formula is C20H21ClN2O2. The predicted molar refractivity (Wildman–Crippen MR) is 98.8 cm³/mol. The number of hydrogen-bond acceptors (Lipinski definition) is 2. The number of hydrogen-bond donors (Lipinski definition) is 1. The average molecular weight is 357 g/mol. The van der Waals surface area contributed by atoms with Gasteiger partial charge in [-0.1, -0.05) is 23.7 Å². The van der Waals surface area contributed by atoms with E-state index in [0.717, 1.165) is 31.5 Å². The highest BCUT2D eigenvalue weighted by atomic mass is 35.5. The molecule has 1 aliphatic rings. The number of likely N-dealkylation sites (tertiary alicyclic amines) is 1. The Labute approximate surface area is 152 Å². The Hall–Kier alpha value is -2.33. The van der Waals surface area contributed by atoms with Crippen molar-refractivity contribution in [2.45, 2.75) is 25.8 Å². The Morgan fingerprint density at radius 3 is 2.12 bits per heavy atom. The summed E-state index contributed by atoms with van der Waals surface area (Å²) >= 11 is 5.85. The molecule has 5 heteroatoms. The van der Waals surface area contributed by atoms with E-state index in [0.29, 0.717) is 22.7 Å². The second-order valence-corrected chi connectivity index (χ2v) is 6.68. The van der Waals surface area contributed by atoms with E-state index < -0.39 is 0 Å². The summed E-state index contributed by atoms with van der Waals surface area (Å²) in [5.74, 6) is -0.111. The second-order valence-electron chi connectivity index (χ2n) is 6.24.